The minimum Gasteiger partial charge on any atom is -0.453 e. The molecular weight excluding hydrogens is 515 g/mol. The van der Waals surface area contributed by atoms with Crippen LogP contribution in [0, 0.1) is 17.1 Å². The molecule has 2 N–H and O–H groups in total. The molecule has 2 saturated heterocycles. The number of rotatable bonds is 7. The van der Waals surface area contributed by atoms with Crippen LogP contribution in [0.1, 0.15) is 31.4 Å². The number of hydrogen-bond acceptors (Lipinski definition) is 8. The number of halogens is 1. The number of nitrogens with one attached hydrogen (secondary N) is 2. The van der Waals surface area contributed by atoms with Crippen LogP contribution in [0.15, 0.2) is 41.5 Å². The number of nitriles is 1. The fourth-order valence-electron chi connectivity index (χ4n) is 4.81. The van der Waals surface area contributed by atoms with Gasteiger partial charge in [0.15, 0.2) is 11.6 Å². The third-order valence-electron chi connectivity index (χ3n) is 7.08. The van der Waals surface area contributed by atoms with E-state index in [1.54, 1.807) is 17.6 Å². The van der Waals surface area contributed by atoms with Gasteiger partial charge in [0, 0.05) is 26.6 Å². The Morgan fingerprint density at radius 3 is 2.92 bits per heavy atom. The lowest BCUT2D eigenvalue weighted by molar-refractivity contribution is 0.0205. The Balaban J connectivity index is 1.48. The molecule has 0 bridgehead atoms. The number of benzene rings is 2. The molecule has 3 heterocycles. The van der Waals surface area contributed by atoms with Gasteiger partial charge in [0.25, 0.3) is 5.56 Å². The van der Waals surface area contributed by atoms with Crippen LogP contribution >= 0.6 is 0 Å². The summed E-state index contributed by atoms with van der Waals surface area (Å²) >= 11 is 0. The van der Waals surface area contributed by atoms with Gasteiger partial charge in [-0.1, -0.05) is 6.92 Å². The highest BCUT2D eigenvalue weighted by molar-refractivity contribution is 7.90. The smallest absolute Gasteiger partial charge is 0.301 e. The summed E-state index contributed by atoms with van der Waals surface area (Å²) < 4.78 is 56.4. The topological polar surface area (TPSA) is 139 Å². The van der Waals surface area contributed by atoms with Gasteiger partial charge in [0.05, 0.1) is 41.2 Å². The van der Waals surface area contributed by atoms with Gasteiger partial charge >= 0.3 is 10.2 Å². The Morgan fingerprint density at radius 2 is 2.21 bits per heavy atom. The lowest BCUT2D eigenvalue weighted by atomic mass is 9.97. The third-order valence-corrected chi connectivity index (χ3v) is 8.63. The fourth-order valence-corrected chi connectivity index (χ4v) is 5.76. The van der Waals surface area contributed by atoms with Crippen molar-refractivity contribution in [1.82, 2.24) is 19.2 Å². The van der Waals surface area contributed by atoms with E-state index in [0.29, 0.717) is 18.5 Å². The minimum atomic E-state index is -3.97. The Kier molecular flexibility index (Phi) is 6.83. The van der Waals surface area contributed by atoms with E-state index in [1.165, 1.54) is 25.5 Å². The molecule has 5 rings (SSSR count). The van der Waals surface area contributed by atoms with Crippen molar-refractivity contribution in [2.45, 2.75) is 31.4 Å². The lowest BCUT2D eigenvalue weighted by Crippen LogP contribution is -2.32. The largest absolute Gasteiger partial charge is 0.453 e. The van der Waals surface area contributed by atoms with Gasteiger partial charge in [-0.3, -0.25) is 14.1 Å². The zero-order chi connectivity index (χ0) is 27.1. The summed E-state index contributed by atoms with van der Waals surface area (Å²) in [6.45, 7) is 3.86. The van der Waals surface area contributed by atoms with Crippen molar-refractivity contribution in [1.29, 1.82) is 5.26 Å². The van der Waals surface area contributed by atoms with E-state index in [2.05, 4.69) is 15.0 Å². The Bertz CT molecular complexity index is 1600. The summed E-state index contributed by atoms with van der Waals surface area (Å²) in [5.41, 5.74) is -0.596. The summed E-state index contributed by atoms with van der Waals surface area (Å²) in [4.78, 5) is 17.8. The summed E-state index contributed by atoms with van der Waals surface area (Å²) in [6, 6.07) is 8.31. The molecule has 0 amide bonds. The average Bonchev–Trinajstić information content (AvgIpc) is 3.55. The average molecular weight is 543 g/mol. The molecule has 13 heteroatoms. The summed E-state index contributed by atoms with van der Waals surface area (Å²) in [5, 5.41) is 13.3. The first kappa shape index (κ1) is 26.1. The van der Waals surface area contributed by atoms with E-state index < -0.39 is 21.8 Å². The second-order valence-electron chi connectivity index (χ2n) is 9.45. The highest BCUT2D eigenvalue weighted by Crippen LogP contribution is 2.37. The number of aromatic nitrogens is 2. The Hall–Kier alpha value is -3.57. The SMILES string of the molecule is CCN(C)S(=O)(=O)Nc1ccc(F)c(Oc2ccc3ncn([C@@H]4CO[C@@]5(CCNC5)C4)c(=O)c3c2)c1C#N. The zero-order valence-electron chi connectivity index (χ0n) is 20.9. The van der Waals surface area contributed by atoms with Gasteiger partial charge in [0.2, 0.25) is 0 Å². The van der Waals surface area contributed by atoms with Crippen molar-refractivity contribution in [2.24, 2.45) is 0 Å². The molecule has 0 unspecified atom stereocenters. The highest BCUT2D eigenvalue weighted by atomic mass is 32.2. The second kappa shape index (κ2) is 9.95. The van der Waals surface area contributed by atoms with E-state index in [9.17, 15) is 22.9 Å². The van der Waals surface area contributed by atoms with Gasteiger partial charge in [-0.25, -0.2) is 9.37 Å². The predicted octanol–water partition coefficient (Wildman–Crippen LogP) is 2.50. The molecule has 200 valence electrons. The first-order chi connectivity index (χ1) is 18.2. The quantitative estimate of drug-likeness (QED) is 0.464. The van der Waals surface area contributed by atoms with E-state index in [1.807, 2.05) is 6.07 Å². The number of fused-ring (bicyclic) bond motifs is 1. The van der Waals surface area contributed by atoms with Crippen LogP contribution in [-0.2, 0) is 14.9 Å². The molecule has 1 spiro atoms. The van der Waals surface area contributed by atoms with Crippen molar-refractivity contribution in [3.05, 3.63) is 58.4 Å². The monoisotopic (exact) mass is 542 g/mol. The van der Waals surface area contributed by atoms with E-state index in [-0.39, 0.29) is 46.1 Å². The van der Waals surface area contributed by atoms with Crippen LogP contribution < -0.4 is 20.3 Å². The van der Waals surface area contributed by atoms with Gasteiger partial charge in [-0.15, -0.1) is 0 Å². The van der Waals surface area contributed by atoms with Crippen molar-refractivity contribution in [3.63, 3.8) is 0 Å². The minimum absolute atomic E-state index is 0.0920. The molecule has 2 fully saturated rings. The van der Waals surface area contributed by atoms with Crippen LogP contribution in [0.4, 0.5) is 10.1 Å². The molecule has 2 aromatic carbocycles. The van der Waals surface area contributed by atoms with Crippen LogP contribution in [0.5, 0.6) is 11.5 Å². The van der Waals surface area contributed by atoms with Crippen molar-refractivity contribution in [2.75, 3.05) is 38.0 Å². The number of hydrogen-bond donors (Lipinski definition) is 2. The number of nitrogens with zero attached hydrogens (tertiary/aromatic N) is 4. The zero-order valence-corrected chi connectivity index (χ0v) is 21.7. The number of ether oxygens (including phenoxy) is 2. The molecule has 0 saturated carbocycles. The Labute approximate surface area is 219 Å². The van der Waals surface area contributed by atoms with E-state index in [4.69, 9.17) is 9.47 Å². The van der Waals surface area contributed by atoms with Crippen LogP contribution in [0.2, 0.25) is 0 Å². The fraction of sp³-hybridized carbons (Fsp3) is 0.400. The maximum Gasteiger partial charge on any atom is 0.301 e. The van der Waals surface area contributed by atoms with Gasteiger partial charge in [-0.2, -0.15) is 18.0 Å². The van der Waals surface area contributed by atoms with Gasteiger partial charge in [0.1, 0.15) is 17.4 Å². The highest BCUT2D eigenvalue weighted by Gasteiger charge is 2.43. The van der Waals surface area contributed by atoms with E-state index >= 15 is 0 Å². The van der Waals surface area contributed by atoms with Crippen molar-refractivity contribution >= 4 is 26.8 Å². The number of anilines is 1. The normalized spacial score (nSPS) is 21.3. The van der Waals surface area contributed by atoms with Crippen LogP contribution in [0.25, 0.3) is 10.9 Å². The third kappa shape index (κ3) is 4.71. The van der Waals surface area contributed by atoms with E-state index in [0.717, 1.165) is 35.9 Å². The van der Waals surface area contributed by atoms with Crippen molar-refractivity contribution < 1.29 is 22.3 Å². The Morgan fingerprint density at radius 1 is 1.39 bits per heavy atom. The molecule has 1 aromatic heterocycles. The maximum absolute atomic E-state index is 14.8. The standard InChI is InChI=1S/C25H27FN6O5S/c1-3-31(2)38(34,35)30-22-7-5-20(26)23(19(22)12-27)37-17-4-6-21-18(10-17)24(33)32(15-29-21)16-11-25(36-13-16)8-9-28-14-25/h4-7,10,15-16,28,30H,3,8-9,11,13-14H2,1-2H3/t16-,25-/m0/s1. The first-order valence-corrected chi connectivity index (χ1v) is 13.6. The molecule has 3 aromatic rings. The molecule has 2 aliphatic heterocycles. The van der Waals surface area contributed by atoms with Crippen LogP contribution in [0.3, 0.4) is 0 Å². The second-order valence-corrected chi connectivity index (χ2v) is 11.2. The molecule has 11 nitrogen and oxygen atoms in total. The first-order valence-electron chi connectivity index (χ1n) is 12.2. The molecule has 2 aliphatic rings. The predicted molar refractivity (Wildman–Crippen MR) is 138 cm³/mol. The van der Waals surface area contributed by atoms with Gasteiger partial charge in [-0.05, 0) is 43.3 Å². The lowest BCUT2D eigenvalue weighted by Gasteiger charge is -2.20. The molecule has 0 radical (unpaired) electrons. The molecule has 38 heavy (non-hydrogen) atoms. The molecular formula is C25H27FN6O5S. The van der Waals surface area contributed by atoms with Gasteiger partial charge < -0.3 is 14.8 Å². The summed E-state index contributed by atoms with van der Waals surface area (Å²) in [7, 11) is -2.60. The van der Waals surface area contributed by atoms with Crippen molar-refractivity contribution in [3.8, 4) is 17.6 Å². The summed E-state index contributed by atoms with van der Waals surface area (Å²) in [5.74, 6) is -1.24. The molecule has 0 aliphatic carbocycles. The maximum atomic E-state index is 14.8. The summed E-state index contributed by atoms with van der Waals surface area (Å²) in [6.07, 6.45) is 3.08. The van der Waals surface area contributed by atoms with Crippen LogP contribution in [-0.4, -0.2) is 61.2 Å². The molecule has 2 atom stereocenters.